The van der Waals surface area contributed by atoms with Gasteiger partial charge in [-0.1, -0.05) is 13.8 Å². The summed E-state index contributed by atoms with van der Waals surface area (Å²) >= 11 is 1.53. The van der Waals surface area contributed by atoms with E-state index in [9.17, 15) is 4.39 Å². The third kappa shape index (κ3) is 6.10. The highest BCUT2D eigenvalue weighted by molar-refractivity contribution is 7.11. The molecule has 2 aromatic carbocycles. The molecule has 0 unspecified atom stereocenters. The SMILES string of the molecule is Cc1ncc(COc2cc(F)cc(Oc3ccc(Nc4c(N)ncnc4C(=N)C(C)C)cc3)c2)s1. The van der Waals surface area contributed by atoms with Gasteiger partial charge >= 0.3 is 0 Å². The highest BCUT2D eigenvalue weighted by Gasteiger charge is 2.16. The van der Waals surface area contributed by atoms with Gasteiger partial charge in [0.15, 0.2) is 5.82 Å². The van der Waals surface area contributed by atoms with Crippen molar-refractivity contribution in [3.63, 3.8) is 0 Å². The molecule has 0 fully saturated rings. The lowest BCUT2D eigenvalue weighted by molar-refractivity contribution is 0.306. The Morgan fingerprint density at radius 2 is 1.83 bits per heavy atom. The van der Waals surface area contributed by atoms with Crippen molar-refractivity contribution in [1.82, 2.24) is 15.0 Å². The summed E-state index contributed by atoms with van der Waals surface area (Å²) in [7, 11) is 0. The number of ether oxygens (including phenoxy) is 2. The lowest BCUT2D eigenvalue weighted by Crippen LogP contribution is -2.14. The Balaban J connectivity index is 1.46. The van der Waals surface area contributed by atoms with E-state index >= 15 is 0 Å². The summed E-state index contributed by atoms with van der Waals surface area (Å²) in [5, 5.41) is 12.4. The van der Waals surface area contributed by atoms with Gasteiger partial charge in [-0.3, -0.25) is 0 Å². The summed E-state index contributed by atoms with van der Waals surface area (Å²) in [5.41, 5.74) is 8.04. The standard InChI is InChI=1S/C25H25FN6O2S/c1-14(2)22(27)23-24(25(28)31-13-30-23)32-17-4-6-18(7-5-17)34-20-9-16(26)8-19(10-20)33-12-21-11-29-15(3)35-21/h4-11,13-14,27,32H,12H2,1-3H3,(H2,28,30,31). The van der Waals surface area contributed by atoms with Gasteiger partial charge in [-0.05, 0) is 37.1 Å². The molecule has 2 aromatic heterocycles. The second-order valence-electron chi connectivity index (χ2n) is 8.06. The predicted octanol–water partition coefficient (Wildman–Crippen LogP) is 6.10. The first-order valence-corrected chi connectivity index (χ1v) is 11.7. The van der Waals surface area contributed by atoms with Crippen molar-refractivity contribution in [2.75, 3.05) is 11.1 Å². The number of rotatable bonds is 9. The summed E-state index contributed by atoms with van der Waals surface area (Å²) in [6, 6.07) is 11.3. The molecule has 0 spiro atoms. The maximum Gasteiger partial charge on any atom is 0.151 e. The Labute approximate surface area is 206 Å². The number of benzene rings is 2. The fraction of sp³-hybridized carbons (Fsp3) is 0.200. The molecule has 0 saturated heterocycles. The average molecular weight is 493 g/mol. The summed E-state index contributed by atoms with van der Waals surface area (Å²) < 4.78 is 25.7. The van der Waals surface area contributed by atoms with Crippen LogP contribution in [-0.4, -0.2) is 20.7 Å². The minimum atomic E-state index is -0.462. The smallest absolute Gasteiger partial charge is 0.151 e. The number of nitrogens with two attached hydrogens (primary N) is 1. The topological polar surface area (TPSA) is 119 Å². The van der Waals surface area contributed by atoms with Gasteiger partial charge in [-0.15, -0.1) is 11.3 Å². The fourth-order valence-corrected chi connectivity index (χ4v) is 3.90. The predicted molar refractivity (Wildman–Crippen MR) is 135 cm³/mol. The lowest BCUT2D eigenvalue weighted by Gasteiger charge is -2.15. The van der Waals surface area contributed by atoms with E-state index in [4.69, 9.17) is 20.6 Å². The first kappa shape index (κ1) is 24.1. The number of nitrogens with one attached hydrogen (secondary N) is 2. The summed E-state index contributed by atoms with van der Waals surface area (Å²) in [6.07, 6.45) is 3.09. The van der Waals surface area contributed by atoms with Crippen molar-refractivity contribution in [2.45, 2.75) is 27.4 Å². The van der Waals surface area contributed by atoms with Crippen LogP contribution in [0.15, 0.2) is 55.0 Å². The van der Waals surface area contributed by atoms with Crippen molar-refractivity contribution < 1.29 is 13.9 Å². The zero-order valence-electron chi connectivity index (χ0n) is 19.5. The van der Waals surface area contributed by atoms with Crippen LogP contribution < -0.4 is 20.5 Å². The van der Waals surface area contributed by atoms with E-state index in [1.807, 2.05) is 20.8 Å². The van der Waals surface area contributed by atoms with E-state index in [2.05, 4.69) is 20.3 Å². The van der Waals surface area contributed by atoms with Gasteiger partial charge in [-0.25, -0.2) is 19.3 Å². The van der Waals surface area contributed by atoms with Crippen LogP contribution in [0.2, 0.25) is 0 Å². The molecule has 0 aliphatic heterocycles. The van der Waals surface area contributed by atoms with Gasteiger partial charge in [0.1, 0.15) is 47.4 Å². The third-order valence-electron chi connectivity index (χ3n) is 4.96. The second kappa shape index (κ2) is 10.5. The van der Waals surface area contributed by atoms with Crippen LogP contribution in [0.5, 0.6) is 17.2 Å². The molecule has 2 heterocycles. The number of nitrogens with zero attached hydrogens (tertiary/aromatic N) is 3. The van der Waals surface area contributed by atoms with Crippen LogP contribution >= 0.6 is 11.3 Å². The zero-order chi connectivity index (χ0) is 24.9. The molecule has 0 bridgehead atoms. The average Bonchev–Trinajstić information content (AvgIpc) is 3.24. The Morgan fingerprint density at radius 3 is 2.51 bits per heavy atom. The largest absolute Gasteiger partial charge is 0.488 e. The Bertz CT molecular complexity index is 1340. The van der Waals surface area contributed by atoms with E-state index in [1.54, 1.807) is 36.5 Å². The van der Waals surface area contributed by atoms with Crippen molar-refractivity contribution in [2.24, 2.45) is 5.92 Å². The van der Waals surface area contributed by atoms with E-state index in [0.29, 0.717) is 46.6 Å². The number of hydrogen-bond donors (Lipinski definition) is 3. The molecule has 4 N–H and O–H groups in total. The monoisotopic (exact) mass is 492 g/mol. The Hall–Kier alpha value is -4.05. The van der Waals surface area contributed by atoms with Crippen molar-refractivity contribution >= 4 is 34.2 Å². The van der Waals surface area contributed by atoms with E-state index in [0.717, 1.165) is 9.88 Å². The van der Waals surface area contributed by atoms with Crippen LogP contribution in [0, 0.1) is 24.1 Å². The normalized spacial score (nSPS) is 10.9. The van der Waals surface area contributed by atoms with Crippen LogP contribution in [0.4, 0.5) is 21.6 Å². The van der Waals surface area contributed by atoms with Crippen molar-refractivity contribution in [3.05, 3.63) is 76.4 Å². The van der Waals surface area contributed by atoms with Gasteiger partial charge in [0.05, 0.1) is 15.6 Å². The maximum absolute atomic E-state index is 14.1. The van der Waals surface area contributed by atoms with E-state index in [-0.39, 0.29) is 11.7 Å². The minimum absolute atomic E-state index is 0.0214. The summed E-state index contributed by atoms with van der Waals surface area (Å²) in [4.78, 5) is 13.4. The maximum atomic E-state index is 14.1. The molecular weight excluding hydrogens is 467 g/mol. The van der Waals surface area contributed by atoms with Gasteiger partial charge in [0.25, 0.3) is 0 Å². The molecule has 0 amide bonds. The number of nitrogen functional groups attached to an aromatic ring is 1. The molecule has 0 saturated carbocycles. The quantitative estimate of drug-likeness (QED) is 0.241. The van der Waals surface area contributed by atoms with Crippen LogP contribution in [0.1, 0.15) is 29.4 Å². The Kier molecular flexibility index (Phi) is 7.21. The number of thiazole rings is 1. The van der Waals surface area contributed by atoms with E-state index < -0.39 is 5.82 Å². The first-order valence-electron chi connectivity index (χ1n) is 10.9. The third-order valence-corrected chi connectivity index (χ3v) is 5.85. The number of aryl methyl sites for hydroxylation is 1. The highest BCUT2D eigenvalue weighted by Crippen LogP contribution is 2.30. The lowest BCUT2D eigenvalue weighted by atomic mass is 10.0. The summed E-state index contributed by atoms with van der Waals surface area (Å²) in [6.45, 7) is 6.05. The van der Waals surface area contributed by atoms with E-state index in [1.165, 1.54) is 29.8 Å². The zero-order valence-corrected chi connectivity index (χ0v) is 20.3. The van der Waals surface area contributed by atoms with Gasteiger partial charge in [0.2, 0.25) is 0 Å². The van der Waals surface area contributed by atoms with Crippen LogP contribution in [0.3, 0.4) is 0 Å². The summed E-state index contributed by atoms with van der Waals surface area (Å²) in [5.74, 6) is 0.959. The molecular formula is C25H25FN6O2S. The molecule has 0 radical (unpaired) electrons. The van der Waals surface area contributed by atoms with Gasteiger partial charge in [-0.2, -0.15) is 0 Å². The van der Waals surface area contributed by atoms with Crippen LogP contribution in [0.25, 0.3) is 0 Å². The molecule has 0 atom stereocenters. The van der Waals surface area contributed by atoms with Crippen molar-refractivity contribution in [1.29, 1.82) is 5.41 Å². The first-order chi connectivity index (χ1) is 16.8. The van der Waals surface area contributed by atoms with Gasteiger partial charge < -0.3 is 25.9 Å². The molecule has 35 heavy (non-hydrogen) atoms. The van der Waals surface area contributed by atoms with Gasteiger partial charge in [0, 0.05) is 30.1 Å². The minimum Gasteiger partial charge on any atom is -0.488 e. The number of hydrogen-bond acceptors (Lipinski definition) is 9. The highest BCUT2D eigenvalue weighted by atomic mass is 32.1. The molecule has 0 aliphatic carbocycles. The van der Waals surface area contributed by atoms with Crippen LogP contribution in [-0.2, 0) is 6.61 Å². The molecule has 4 rings (SSSR count). The molecule has 0 aliphatic rings. The molecule has 8 nitrogen and oxygen atoms in total. The number of halogens is 1. The molecule has 4 aromatic rings. The molecule has 10 heteroatoms. The van der Waals surface area contributed by atoms with Crippen molar-refractivity contribution in [3.8, 4) is 17.2 Å². The molecule has 180 valence electrons. The Morgan fingerprint density at radius 1 is 1.09 bits per heavy atom. The number of aromatic nitrogens is 3. The fourth-order valence-electron chi connectivity index (χ4n) is 3.19. The number of anilines is 3. The second-order valence-corrected chi connectivity index (χ2v) is 9.38.